The zero-order chi connectivity index (χ0) is 22.5. The van der Waals surface area contributed by atoms with E-state index in [1.165, 1.54) is 10.6 Å². The average molecular weight is 440 g/mol. The third-order valence-electron chi connectivity index (χ3n) is 7.01. The number of cyclic esters (lactones) is 1. The fourth-order valence-electron chi connectivity index (χ4n) is 5.36. The standard InChI is InChI=1S/C23H18F2N2O5/c1-2-23(31)14-7-16-18-17(8-27(16)21(29)13(14)9-32-22(23)30)26-4-3-15(25)11-5-10(24)6-12(19(11)26)20(18)28/h5-7,15,31H,2-4,8-9H2,1H3/t15?,23-/m0/s1. The van der Waals surface area contributed by atoms with Gasteiger partial charge in [0.25, 0.3) is 5.56 Å². The number of carbonyl (C=O) groups excluding carboxylic acids is 1. The highest BCUT2D eigenvalue weighted by molar-refractivity contribution is 5.90. The van der Waals surface area contributed by atoms with Crippen LogP contribution in [0.3, 0.4) is 0 Å². The van der Waals surface area contributed by atoms with E-state index in [4.69, 9.17) is 4.74 Å². The molecule has 0 fully saturated rings. The van der Waals surface area contributed by atoms with E-state index in [0.717, 1.165) is 12.1 Å². The molecule has 3 aliphatic rings. The number of hydrogen-bond acceptors (Lipinski definition) is 5. The Labute approximate surface area is 179 Å². The third-order valence-corrected chi connectivity index (χ3v) is 7.01. The first-order valence-electron chi connectivity index (χ1n) is 10.5. The van der Waals surface area contributed by atoms with Gasteiger partial charge in [-0.15, -0.1) is 0 Å². The van der Waals surface area contributed by atoms with Gasteiger partial charge in [-0.25, -0.2) is 13.6 Å². The minimum atomic E-state index is -1.99. The number of nitrogens with zero attached hydrogens (tertiary/aromatic N) is 2. The molecule has 0 radical (unpaired) electrons. The number of halogens is 2. The van der Waals surface area contributed by atoms with Crippen LogP contribution in [0, 0.1) is 5.82 Å². The molecule has 2 aromatic heterocycles. The summed E-state index contributed by atoms with van der Waals surface area (Å²) in [5.74, 6) is -1.55. The van der Waals surface area contributed by atoms with E-state index >= 15 is 0 Å². The van der Waals surface area contributed by atoms with Crippen molar-refractivity contribution < 1.29 is 23.4 Å². The lowest BCUT2D eigenvalue weighted by Crippen LogP contribution is -2.44. The van der Waals surface area contributed by atoms with Gasteiger partial charge in [0.15, 0.2) is 11.0 Å². The molecule has 5 heterocycles. The summed E-state index contributed by atoms with van der Waals surface area (Å²) in [5, 5.41) is 11.0. The molecule has 1 aromatic carbocycles. The van der Waals surface area contributed by atoms with Crippen molar-refractivity contribution >= 4 is 16.9 Å². The molecule has 0 saturated carbocycles. The second-order valence-corrected chi connectivity index (χ2v) is 8.55. The maximum absolute atomic E-state index is 14.6. The minimum Gasteiger partial charge on any atom is -0.458 e. The Morgan fingerprint density at radius 2 is 2.00 bits per heavy atom. The van der Waals surface area contributed by atoms with Crippen molar-refractivity contribution in [3.8, 4) is 11.3 Å². The number of alkyl halides is 1. The number of aryl methyl sites for hydroxylation is 1. The molecule has 1 N–H and O–H groups in total. The molecule has 9 heteroatoms. The monoisotopic (exact) mass is 440 g/mol. The van der Waals surface area contributed by atoms with Crippen LogP contribution in [0.25, 0.3) is 22.2 Å². The zero-order valence-corrected chi connectivity index (χ0v) is 17.1. The number of aliphatic hydroxyl groups is 1. The molecular weight excluding hydrogens is 422 g/mol. The summed E-state index contributed by atoms with van der Waals surface area (Å²) in [7, 11) is 0. The first kappa shape index (κ1) is 19.4. The molecule has 3 aliphatic heterocycles. The number of aromatic nitrogens is 2. The van der Waals surface area contributed by atoms with Gasteiger partial charge in [-0.1, -0.05) is 6.92 Å². The Kier molecular flexibility index (Phi) is 3.71. The SMILES string of the molecule is CC[C@@]1(O)C(=O)OCc2c1cc1n(c2=O)Cc2c-1c(=O)c1cc(F)cc3c1n2CCC3F. The van der Waals surface area contributed by atoms with Gasteiger partial charge in [0.1, 0.15) is 18.6 Å². The summed E-state index contributed by atoms with van der Waals surface area (Å²) in [5.41, 5.74) is -1.19. The van der Waals surface area contributed by atoms with E-state index < -0.39 is 34.5 Å². The Hall–Kier alpha value is -3.33. The van der Waals surface area contributed by atoms with Crippen LogP contribution in [0.15, 0.2) is 27.8 Å². The lowest BCUT2D eigenvalue weighted by molar-refractivity contribution is -0.172. The lowest BCUT2D eigenvalue weighted by atomic mass is 9.85. The topological polar surface area (TPSA) is 90.5 Å². The van der Waals surface area contributed by atoms with E-state index in [9.17, 15) is 28.3 Å². The van der Waals surface area contributed by atoms with Gasteiger partial charge in [0.05, 0.1) is 34.6 Å². The van der Waals surface area contributed by atoms with Crippen LogP contribution in [-0.4, -0.2) is 20.2 Å². The van der Waals surface area contributed by atoms with E-state index in [1.54, 1.807) is 11.5 Å². The summed E-state index contributed by atoms with van der Waals surface area (Å²) in [6.07, 6.45) is -1.27. The molecule has 164 valence electrons. The Morgan fingerprint density at radius 1 is 1.22 bits per heavy atom. The van der Waals surface area contributed by atoms with Crippen LogP contribution in [0.4, 0.5) is 8.78 Å². The number of hydrogen-bond donors (Lipinski definition) is 1. The minimum absolute atomic E-state index is 0.0109. The number of esters is 1. The van der Waals surface area contributed by atoms with Gasteiger partial charge in [-0.2, -0.15) is 0 Å². The molecule has 0 bridgehead atoms. The second kappa shape index (κ2) is 6.13. The van der Waals surface area contributed by atoms with E-state index in [2.05, 4.69) is 0 Å². The van der Waals surface area contributed by atoms with Crippen LogP contribution in [0.5, 0.6) is 0 Å². The highest BCUT2D eigenvalue weighted by Crippen LogP contribution is 2.41. The van der Waals surface area contributed by atoms with Gasteiger partial charge >= 0.3 is 5.97 Å². The predicted molar refractivity (Wildman–Crippen MR) is 109 cm³/mol. The summed E-state index contributed by atoms with van der Waals surface area (Å²) < 4.78 is 37.1. The molecule has 7 nitrogen and oxygen atoms in total. The van der Waals surface area contributed by atoms with Crippen LogP contribution in [-0.2, 0) is 34.8 Å². The maximum Gasteiger partial charge on any atom is 0.343 e. The highest BCUT2D eigenvalue weighted by atomic mass is 19.1. The fraction of sp³-hybridized carbons (Fsp3) is 0.348. The summed E-state index contributed by atoms with van der Waals surface area (Å²) in [6, 6.07) is 3.70. The molecule has 0 saturated heterocycles. The molecule has 3 aromatic rings. The number of pyridine rings is 2. The van der Waals surface area contributed by atoms with E-state index in [-0.39, 0.29) is 65.9 Å². The van der Waals surface area contributed by atoms with Crippen molar-refractivity contribution in [3.63, 3.8) is 0 Å². The van der Waals surface area contributed by atoms with Crippen LogP contribution >= 0.6 is 0 Å². The Morgan fingerprint density at radius 3 is 2.75 bits per heavy atom. The van der Waals surface area contributed by atoms with Crippen molar-refractivity contribution in [3.05, 3.63) is 67.0 Å². The second-order valence-electron chi connectivity index (χ2n) is 8.55. The molecule has 0 amide bonds. The number of carbonyl (C=O) groups is 1. The fourth-order valence-corrected chi connectivity index (χ4v) is 5.36. The van der Waals surface area contributed by atoms with Gasteiger partial charge in [0.2, 0.25) is 0 Å². The molecule has 6 rings (SSSR count). The van der Waals surface area contributed by atoms with Gasteiger partial charge in [-0.3, -0.25) is 9.59 Å². The molecule has 2 atom stereocenters. The molecular formula is C23H18F2N2O5. The molecule has 0 spiro atoms. The van der Waals surface area contributed by atoms with Crippen molar-refractivity contribution in [2.24, 2.45) is 0 Å². The van der Waals surface area contributed by atoms with Gasteiger partial charge in [0, 0.05) is 29.5 Å². The summed E-state index contributed by atoms with van der Waals surface area (Å²) >= 11 is 0. The van der Waals surface area contributed by atoms with Crippen molar-refractivity contribution in [2.45, 2.75) is 51.2 Å². The summed E-state index contributed by atoms with van der Waals surface area (Å²) in [6.45, 7) is 1.69. The summed E-state index contributed by atoms with van der Waals surface area (Å²) in [4.78, 5) is 39.1. The number of benzene rings is 1. The first-order valence-corrected chi connectivity index (χ1v) is 10.5. The quantitative estimate of drug-likeness (QED) is 0.459. The Balaban J connectivity index is 1.73. The maximum atomic E-state index is 14.6. The third kappa shape index (κ3) is 2.19. The van der Waals surface area contributed by atoms with Gasteiger partial charge in [-0.05, 0) is 24.6 Å². The Bertz CT molecular complexity index is 1510. The number of rotatable bonds is 1. The van der Waals surface area contributed by atoms with Crippen LogP contribution < -0.4 is 11.0 Å². The van der Waals surface area contributed by atoms with E-state index in [0.29, 0.717) is 11.2 Å². The number of fused-ring (bicyclic) bond motifs is 5. The van der Waals surface area contributed by atoms with Crippen molar-refractivity contribution in [2.75, 3.05) is 0 Å². The van der Waals surface area contributed by atoms with Crippen molar-refractivity contribution in [1.82, 2.24) is 9.13 Å². The number of ether oxygens (including phenoxy) is 1. The molecule has 1 unspecified atom stereocenters. The molecule has 32 heavy (non-hydrogen) atoms. The first-order chi connectivity index (χ1) is 15.3. The smallest absolute Gasteiger partial charge is 0.343 e. The largest absolute Gasteiger partial charge is 0.458 e. The zero-order valence-electron chi connectivity index (χ0n) is 17.1. The van der Waals surface area contributed by atoms with Crippen LogP contribution in [0.2, 0.25) is 0 Å². The van der Waals surface area contributed by atoms with Gasteiger partial charge < -0.3 is 19.0 Å². The van der Waals surface area contributed by atoms with Crippen LogP contribution in [0.1, 0.15) is 48.3 Å². The van der Waals surface area contributed by atoms with Crippen molar-refractivity contribution in [1.29, 1.82) is 0 Å². The molecule has 0 aliphatic carbocycles. The highest BCUT2D eigenvalue weighted by Gasteiger charge is 2.45. The lowest BCUT2D eigenvalue weighted by Gasteiger charge is -2.31. The average Bonchev–Trinajstić information content (AvgIpc) is 3.16. The predicted octanol–water partition coefficient (Wildman–Crippen LogP) is 2.40. The van der Waals surface area contributed by atoms with E-state index in [1.807, 2.05) is 0 Å². The normalized spacial score (nSPS) is 23.0.